The van der Waals surface area contributed by atoms with E-state index in [1.807, 2.05) is 0 Å². The highest BCUT2D eigenvalue weighted by Crippen LogP contribution is 2.27. The summed E-state index contributed by atoms with van der Waals surface area (Å²) in [5.41, 5.74) is 6.13. The van der Waals surface area contributed by atoms with E-state index in [0.29, 0.717) is 41.4 Å². The summed E-state index contributed by atoms with van der Waals surface area (Å²) in [7, 11) is -3.46. The van der Waals surface area contributed by atoms with E-state index in [9.17, 15) is 18.0 Å². The number of amides is 2. The Labute approximate surface area is 155 Å². The molecule has 1 aromatic heterocycles. The van der Waals surface area contributed by atoms with E-state index < -0.39 is 15.9 Å². The van der Waals surface area contributed by atoms with Crippen LogP contribution in [0.4, 0.5) is 5.69 Å². The molecule has 2 aromatic rings. The summed E-state index contributed by atoms with van der Waals surface area (Å²) in [4.78, 5) is 23.5. The summed E-state index contributed by atoms with van der Waals surface area (Å²) in [6.07, 6.45) is 0.936. The molecule has 9 heteroatoms. The molecular weight excluding hydrogens is 374 g/mol. The first-order valence-electron chi connectivity index (χ1n) is 8.12. The fourth-order valence-electron chi connectivity index (χ4n) is 2.86. The molecule has 0 radical (unpaired) electrons. The average Bonchev–Trinajstić information content (AvgIpc) is 3.18. The van der Waals surface area contributed by atoms with Crippen LogP contribution >= 0.6 is 11.3 Å². The number of hydrogen-bond donors (Lipinski definition) is 2. The maximum Gasteiger partial charge on any atom is 0.252 e. The summed E-state index contributed by atoms with van der Waals surface area (Å²) >= 11 is 1.19. The van der Waals surface area contributed by atoms with Gasteiger partial charge in [0.25, 0.3) is 10.0 Å². The van der Waals surface area contributed by atoms with Crippen LogP contribution in [0.2, 0.25) is 0 Å². The lowest BCUT2D eigenvalue weighted by Gasteiger charge is -2.30. The van der Waals surface area contributed by atoms with E-state index in [0.717, 1.165) is 0 Å². The predicted octanol–water partition coefficient (Wildman–Crippen LogP) is 1.89. The van der Waals surface area contributed by atoms with Gasteiger partial charge in [0.2, 0.25) is 11.8 Å². The maximum atomic E-state index is 12.5. The number of primary amides is 1. The minimum Gasteiger partial charge on any atom is -0.366 e. The Morgan fingerprint density at radius 3 is 2.31 bits per heavy atom. The molecule has 7 nitrogen and oxygen atoms in total. The molecule has 26 heavy (non-hydrogen) atoms. The number of hydrogen-bond acceptors (Lipinski definition) is 5. The fourth-order valence-corrected chi connectivity index (χ4v) is 5.47. The van der Waals surface area contributed by atoms with Crippen molar-refractivity contribution in [2.45, 2.75) is 17.1 Å². The van der Waals surface area contributed by atoms with E-state index in [1.165, 1.54) is 15.6 Å². The third-order valence-electron chi connectivity index (χ3n) is 4.35. The highest BCUT2D eigenvalue weighted by molar-refractivity contribution is 7.91. The van der Waals surface area contributed by atoms with Crippen molar-refractivity contribution in [1.82, 2.24) is 4.31 Å². The summed E-state index contributed by atoms with van der Waals surface area (Å²) in [5.74, 6) is -0.923. The van der Waals surface area contributed by atoms with Gasteiger partial charge in [0.1, 0.15) is 4.21 Å². The third kappa shape index (κ3) is 3.95. The van der Waals surface area contributed by atoms with Crippen molar-refractivity contribution in [1.29, 1.82) is 0 Å². The highest BCUT2D eigenvalue weighted by atomic mass is 32.2. The molecule has 0 saturated carbocycles. The number of nitrogens with zero attached hydrogens (tertiary/aromatic N) is 1. The zero-order valence-electron chi connectivity index (χ0n) is 13.9. The number of anilines is 1. The first-order chi connectivity index (χ1) is 12.4. The van der Waals surface area contributed by atoms with E-state index in [4.69, 9.17) is 5.73 Å². The molecule has 1 saturated heterocycles. The molecule has 3 N–H and O–H groups in total. The normalized spacial score (nSPS) is 16.3. The second kappa shape index (κ2) is 7.56. The number of nitrogens with two attached hydrogens (primary N) is 1. The maximum absolute atomic E-state index is 12.5. The molecule has 0 spiro atoms. The smallest absolute Gasteiger partial charge is 0.252 e. The first-order valence-corrected chi connectivity index (χ1v) is 10.4. The molecule has 0 bridgehead atoms. The van der Waals surface area contributed by atoms with Crippen LogP contribution in [0.25, 0.3) is 0 Å². The van der Waals surface area contributed by atoms with Gasteiger partial charge in [-0.1, -0.05) is 6.07 Å². The third-order valence-corrected chi connectivity index (χ3v) is 7.62. The second-order valence-corrected chi connectivity index (χ2v) is 9.15. The van der Waals surface area contributed by atoms with Crippen molar-refractivity contribution in [2.24, 2.45) is 11.7 Å². The number of benzene rings is 1. The summed E-state index contributed by atoms with van der Waals surface area (Å²) in [6, 6.07) is 9.64. The first kappa shape index (κ1) is 18.6. The lowest BCUT2D eigenvalue weighted by atomic mass is 9.97. The van der Waals surface area contributed by atoms with E-state index in [-0.39, 0.29) is 11.8 Å². The standard InChI is InChI=1S/C17H19N3O4S2/c18-16(21)12-3-5-14(6-4-12)19-17(22)13-7-9-20(10-8-13)26(23,24)15-2-1-11-25-15/h1-6,11,13H,7-10H2,(H2,18,21)(H,19,22). The van der Waals surface area contributed by atoms with E-state index >= 15 is 0 Å². The number of rotatable bonds is 5. The van der Waals surface area contributed by atoms with E-state index in [1.54, 1.807) is 41.8 Å². The van der Waals surface area contributed by atoms with Crippen LogP contribution in [0.5, 0.6) is 0 Å². The van der Waals surface area contributed by atoms with Gasteiger partial charge in [0.05, 0.1) is 0 Å². The number of nitrogens with one attached hydrogen (secondary N) is 1. The lowest BCUT2D eigenvalue weighted by molar-refractivity contribution is -0.120. The summed E-state index contributed by atoms with van der Waals surface area (Å²) < 4.78 is 26.8. The molecule has 2 amide bonds. The van der Waals surface area contributed by atoms with Crippen LogP contribution in [0.15, 0.2) is 46.0 Å². The molecule has 2 heterocycles. The Kier molecular flexibility index (Phi) is 5.40. The van der Waals surface area contributed by atoms with Crippen LogP contribution in [-0.4, -0.2) is 37.6 Å². The zero-order chi connectivity index (χ0) is 18.7. The molecule has 1 aliphatic rings. The van der Waals surface area contributed by atoms with Gasteiger partial charge in [-0.05, 0) is 48.6 Å². The number of thiophene rings is 1. The molecule has 3 rings (SSSR count). The largest absolute Gasteiger partial charge is 0.366 e. The SMILES string of the molecule is NC(=O)c1ccc(NC(=O)C2CCN(S(=O)(=O)c3cccs3)CC2)cc1. The van der Waals surface area contributed by atoms with Crippen molar-refractivity contribution in [3.63, 3.8) is 0 Å². The van der Waals surface area contributed by atoms with Crippen molar-refractivity contribution >= 4 is 38.9 Å². The molecule has 1 aromatic carbocycles. The van der Waals surface area contributed by atoms with Crippen LogP contribution in [-0.2, 0) is 14.8 Å². The molecule has 138 valence electrons. The quantitative estimate of drug-likeness (QED) is 0.808. The minimum atomic E-state index is -3.46. The molecular formula is C17H19N3O4S2. The zero-order valence-corrected chi connectivity index (χ0v) is 15.6. The van der Waals surface area contributed by atoms with Crippen LogP contribution < -0.4 is 11.1 Å². The second-order valence-electron chi connectivity index (χ2n) is 6.04. The summed E-state index contributed by atoms with van der Waals surface area (Å²) in [5, 5.41) is 4.53. The molecule has 1 aliphatic heterocycles. The number of carbonyl (C=O) groups excluding carboxylic acids is 2. The Balaban J connectivity index is 1.57. The Morgan fingerprint density at radius 1 is 1.12 bits per heavy atom. The van der Waals surface area contributed by atoms with Crippen molar-refractivity contribution in [3.05, 3.63) is 47.3 Å². The molecule has 1 fully saturated rings. The number of piperidine rings is 1. The van der Waals surface area contributed by atoms with Crippen molar-refractivity contribution in [3.8, 4) is 0 Å². The monoisotopic (exact) mass is 393 g/mol. The van der Waals surface area contributed by atoms with Crippen molar-refractivity contribution < 1.29 is 18.0 Å². The van der Waals surface area contributed by atoms with Gasteiger partial charge in [0.15, 0.2) is 0 Å². The Hall–Kier alpha value is -2.23. The topological polar surface area (TPSA) is 110 Å². The van der Waals surface area contributed by atoms with Gasteiger partial charge in [-0.25, -0.2) is 8.42 Å². The Morgan fingerprint density at radius 2 is 1.77 bits per heavy atom. The predicted molar refractivity (Wildman–Crippen MR) is 99.4 cm³/mol. The van der Waals surface area contributed by atoms with Crippen LogP contribution in [0.1, 0.15) is 23.2 Å². The lowest BCUT2D eigenvalue weighted by Crippen LogP contribution is -2.41. The van der Waals surface area contributed by atoms with Gasteiger partial charge in [-0.2, -0.15) is 4.31 Å². The number of carbonyl (C=O) groups is 2. The van der Waals surface area contributed by atoms with Gasteiger partial charge in [-0.15, -0.1) is 11.3 Å². The molecule has 0 unspecified atom stereocenters. The van der Waals surface area contributed by atoms with Gasteiger partial charge in [0, 0.05) is 30.3 Å². The minimum absolute atomic E-state index is 0.148. The van der Waals surface area contributed by atoms with Crippen LogP contribution in [0, 0.1) is 5.92 Å². The van der Waals surface area contributed by atoms with Gasteiger partial charge in [-0.3, -0.25) is 9.59 Å². The number of sulfonamides is 1. The average molecular weight is 393 g/mol. The van der Waals surface area contributed by atoms with Crippen LogP contribution in [0.3, 0.4) is 0 Å². The fraction of sp³-hybridized carbons (Fsp3) is 0.294. The highest BCUT2D eigenvalue weighted by Gasteiger charge is 2.32. The molecule has 0 aliphatic carbocycles. The molecule has 0 atom stereocenters. The van der Waals surface area contributed by atoms with E-state index in [2.05, 4.69) is 5.32 Å². The van der Waals surface area contributed by atoms with Gasteiger partial charge < -0.3 is 11.1 Å². The van der Waals surface area contributed by atoms with Crippen molar-refractivity contribution in [2.75, 3.05) is 18.4 Å². The van der Waals surface area contributed by atoms with Gasteiger partial charge >= 0.3 is 0 Å². The Bertz CT molecular complexity index is 885. The summed E-state index contributed by atoms with van der Waals surface area (Å²) in [6.45, 7) is 0.637.